The third-order valence-electron chi connectivity index (χ3n) is 3.22. The Hall–Kier alpha value is -2.34. The maximum absolute atomic E-state index is 12.0. The molecule has 1 fully saturated rings. The van der Waals surface area contributed by atoms with Crippen molar-refractivity contribution < 1.29 is 9.53 Å². The van der Waals surface area contributed by atoms with Gasteiger partial charge >= 0.3 is 6.03 Å². The van der Waals surface area contributed by atoms with Crippen LogP contribution in [0.2, 0.25) is 0 Å². The van der Waals surface area contributed by atoms with Gasteiger partial charge in [-0.25, -0.2) is 9.78 Å². The van der Waals surface area contributed by atoms with Gasteiger partial charge in [0.15, 0.2) is 0 Å². The number of nitrogens with zero attached hydrogens (tertiary/aromatic N) is 3. The molecule has 0 atom stereocenters. The summed E-state index contributed by atoms with van der Waals surface area (Å²) in [6.07, 6.45) is 5.34. The molecule has 0 bridgehead atoms. The van der Waals surface area contributed by atoms with Gasteiger partial charge in [0, 0.05) is 36.9 Å². The van der Waals surface area contributed by atoms with Gasteiger partial charge in [-0.2, -0.15) is 0 Å². The molecule has 104 valence electrons. The summed E-state index contributed by atoms with van der Waals surface area (Å²) in [6, 6.07) is 7.57. The molecule has 2 amide bonds. The van der Waals surface area contributed by atoms with Gasteiger partial charge in [0.2, 0.25) is 0 Å². The number of carbonyl (C=O) groups excluding carboxylic acids is 1. The highest BCUT2D eigenvalue weighted by Gasteiger charge is 2.16. The zero-order valence-corrected chi connectivity index (χ0v) is 11.0. The standard InChI is InChI=1S/C14H16N4O2/c19-14(17-7-9-20-10-8-17)16-12-1-3-13(4-2-12)18-6-5-15-11-18/h1-6,11H,7-10H2,(H,16,19). The number of aromatic nitrogens is 2. The summed E-state index contributed by atoms with van der Waals surface area (Å²) in [6.45, 7) is 2.48. The number of imidazole rings is 1. The van der Waals surface area contributed by atoms with Crippen LogP contribution in [0.1, 0.15) is 0 Å². The van der Waals surface area contributed by atoms with E-state index in [2.05, 4.69) is 10.3 Å². The van der Waals surface area contributed by atoms with E-state index >= 15 is 0 Å². The Morgan fingerprint density at radius 3 is 2.60 bits per heavy atom. The summed E-state index contributed by atoms with van der Waals surface area (Å²) in [4.78, 5) is 17.8. The van der Waals surface area contributed by atoms with Gasteiger partial charge < -0.3 is 19.5 Å². The van der Waals surface area contributed by atoms with Crippen LogP contribution in [0.15, 0.2) is 43.0 Å². The molecule has 0 aliphatic carbocycles. The number of morpholine rings is 1. The summed E-state index contributed by atoms with van der Waals surface area (Å²) >= 11 is 0. The fourth-order valence-corrected chi connectivity index (χ4v) is 2.10. The maximum Gasteiger partial charge on any atom is 0.321 e. The second kappa shape index (κ2) is 5.75. The van der Waals surface area contributed by atoms with Gasteiger partial charge in [-0.05, 0) is 24.3 Å². The fourth-order valence-electron chi connectivity index (χ4n) is 2.10. The van der Waals surface area contributed by atoms with Gasteiger partial charge in [-0.3, -0.25) is 0 Å². The molecule has 0 spiro atoms. The number of benzene rings is 1. The van der Waals surface area contributed by atoms with E-state index in [0.717, 1.165) is 11.4 Å². The Morgan fingerprint density at radius 1 is 1.20 bits per heavy atom. The molecular formula is C14H16N4O2. The molecule has 2 aromatic rings. The first-order valence-corrected chi connectivity index (χ1v) is 6.55. The summed E-state index contributed by atoms with van der Waals surface area (Å²) < 4.78 is 7.14. The van der Waals surface area contributed by atoms with Crippen LogP contribution in [-0.4, -0.2) is 46.8 Å². The summed E-state index contributed by atoms with van der Waals surface area (Å²) in [7, 11) is 0. The lowest BCUT2D eigenvalue weighted by Gasteiger charge is -2.26. The van der Waals surface area contributed by atoms with Crippen molar-refractivity contribution in [3.05, 3.63) is 43.0 Å². The molecule has 20 heavy (non-hydrogen) atoms. The number of nitrogens with one attached hydrogen (secondary N) is 1. The Morgan fingerprint density at radius 2 is 1.95 bits per heavy atom. The van der Waals surface area contributed by atoms with E-state index in [-0.39, 0.29) is 6.03 Å². The van der Waals surface area contributed by atoms with Crippen LogP contribution in [0, 0.1) is 0 Å². The zero-order chi connectivity index (χ0) is 13.8. The van der Waals surface area contributed by atoms with E-state index in [1.54, 1.807) is 17.4 Å². The molecule has 1 N–H and O–H groups in total. The average Bonchev–Trinajstić information content (AvgIpc) is 3.03. The zero-order valence-electron chi connectivity index (χ0n) is 11.0. The number of carbonyl (C=O) groups is 1. The van der Waals surface area contributed by atoms with E-state index < -0.39 is 0 Å². The summed E-state index contributed by atoms with van der Waals surface area (Å²) in [5.41, 5.74) is 1.79. The number of ether oxygens (including phenoxy) is 1. The van der Waals surface area contributed by atoms with Crippen molar-refractivity contribution in [3.63, 3.8) is 0 Å². The van der Waals surface area contributed by atoms with Crippen LogP contribution in [0.4, 0.5) is 10.5 Å². The monoisotopic (exact) mass is 272 g/mol. The number of anilines is 1. The quantitative estimate of drug-likeness (QED) is 0.905. The minimum Gasteiger partial charge on any atom is -0.378 e. The van der Waals surface area contributed by atoms with Gasteiger partial charge in [-0.1, -0.05) is 0 Å². The molecule has 1 aliphatic rings. The van der Waals surface area contributed by atoms with Gasteiger partial charge in [-0.15, -0.1) is 0 Å². The normalized spacial score (nSPS) is 15.1. The molecule has 0 saturated carbocycles. The Bertz CT molecular complexity index is 559. The molecule has 2 heterocycles. The topological polar surface area (TPSA) is 59.4 Å². The summed E-state index contributed by atoms with van der Waals surface area (Å²) in [5.74, 6) is 0. The predicted octanol–water partition coefficient (Wildman–Crippen LogP) is 1.74. The minimum atomic E-state index is -0.0799. The van der Waals surface area contributed by atoms with Crippen LogP contribution in [0.25, 0.3) is 5.69 Å². The number of hydrogen-bond donors (Lipinski definition) is 1. The van der Waals surface area contributed by atoms with Crippen molar-refractivity contribution in [1.29, 1.82) is 0 Å². The number of urea groups is 1. The highest BCUT2D eigenvalue weighted by atomic mass is 16.5. The average molecular weight is 272 g/mol. The number of amides is 2. The lowest BCUT2D eigenvalue weighted by molar-refractivity contribution is 0.0564. The van der Waals surface area contributed by atoms with Gasteiger partial charge in [0.05, 0.1) is 19.5 Å². The van der Waals surface area contributed by atoms with Crippen LogP contribution >= 0.6 is 0 Å². The molecule has 1 aromatic carbocycles. The molecular weight excluding hydrogens is 256 g/mol. The van der Waals surface area contributed by atoms with Crippen LogP contribution in [0.5, 0.6) is 0 Å². The number of rotatable bonds is 2. The van der Waals surface area contributed by atoms with Crippen LogP contribution in [0.3, 0.4) is 0 Å². The molecule has 6 heteroatoms. The minimum absolute atomic E-state index is 0.0799. The van der Waals surface area contributed by atoms with Crippen molar-refractivity contribution >= 4 is 11.7 Å². The van der Waals surface area contributed by atoms with Crippen LogP contribution < -0.4 is 5.32 Å². The predicted molar refractivity (Wildman–Crippen MR) is 75.0 cm³/mol. The lowest BCUT2D eigenvalue weighted by atomic mass is 10.3. The number of hydrogen-bond acceptors (Lipinski definition) is 3. The Labute approximate surface area is 117 Å². The van der Waals surface area contributed by atoms with Crippen LogP contribution in [-0.2, 0) is 4.74 Å². The van der Waals surface area contributed by atoms with Crippen molar-refractivity contribution in [2.24, 2.45) is 0 Å². The first-order chi connectivity index (χ1) is 9.83. The smallest absolute Gasteiger partial charge is 0.321 e. The highest BCUT2D eigenvalue weighted by molar-refractivity contribution is 5.89. The third-order valence-corrected chi connectivity index (χ3v) is 3.22. The van der Waals surface area contributed by atoms with E-state index in [4.69, 9.17) is 4.74 Å². The van der Waals surface area contributed by atoms with E-state index in [1.807, 2.05) is 35.0 Å². The first kappa shape index (κ1) is 12.7. The van der Waals surface area contributed by atoms with Crippen molar-refractivity contribution in [2.45, 2.75) is 0 Å². The van der Waals surface area contributed by atoms with E-state index in [1.165, 1.54) is 0 Å². The molecule has 0 unspecified atom stereocenters. The Kier molecular flexibility index (Phi) is 3.64. The molecule has 1 aromatic heterocycles. The maximum atomic E-state index is 12.0. The first-order valence-electron chi connectivity index (χ1n) is 6.55. The second-order valence-corrected chi connectivity index (χ2v) is 4.55. The fraction of sp³-hybridized carbons (Fsp3) is 0.286. The third kappa shape index (κ3) is 2.80. The SMILES string of the molecule is O=C(Nc1ccc(-n2ccnc2)cc1)N1CCOCC1. The highest BCUT2D eigenvalue weighted by Crippen LogP contribution is 2.13. The van der Waals surface area contributed by atoms with Gasteiger partial charge in [0.25, 0.3) is 0 Å². The van der Waals surface area contributed by atoms with Gasteiger partial charge in [0.1, 0.15) is 0 Å². The molecule has 1 saturated heterocycles. The summed E-state index contributed by atoms with van der Waals surface area (Å²) in [5, 5.41) is 2.89. The largest absolute Gasteiger partial charge is 0.378 e. The lowest BCUT2D eigenvalue weighted by Crippen LogP contribution is -2.43. The molecule has 1 aliphatic heterocycles. The molecule has 3 rings (SSSR count). The Balaban J connectivity index is 1.64. The van der Waals surface area contributed by atoms with Crippen molar-refractivity contribution in [3.8, 4) is 5.69 Å². The van der Waals surface area contributed by atoms with Crippen molar-refractivity contribution in [1.82, 2.24) is 14.5 Å². The second-order valence-electron chi connectivity index (χ2n) is 4.55. The van der Waals surface area contributed by atoms with E-state index in [0.29, 0.717) is 26.3 Å². The molecule has 6 nitrogen and oxygen atoms in total. The van der Waals surface area contributed by atoms with Crippen molar-refractivity contribution in [2.75, 3.05) is 31.6 Å². The van der Waals surface area contributed by atoms with E-state index in [9.17, 15) is 4.79 Å². The molecule has 0 radical (unpaired) electrons.